The molecular weight excluding hydrogens is 626 g/mol. The number of halogens is 2. The number of carbonyl (C=O) groups is 2. The van der Waals surface area contributed by atoms with Crippen LogP contribution in [0.1, 0.15) is 48.2 Å². The SMILES string of the molecule is CN1CC[S+]([O-])CCC(C)(c2cccc(CCC(=O)O)c2)C2=CNC(N2)c2cc(ccc2F)Oc2c(F)cc3[nH]ccc3c2CC1=O. The summed E-state index contributed by atoms with van der Waals surface area (Å²) in [5.41, 5.74) is 2.87. The minimum Gasteiger partial charge on any atom is -0.616 e. The van der Waals surface area contributed by atoms with Crippen molar-refractivity contribution in [1.82, 2.24) is 20.5 Å². The smallest absolute Gasteiger partial charge is 0.303 e. The Labute approximate surface area is 274 Å². The van der Waals surface area contributed by atoms with E-state index in [1.165, 1.54) is 29.2 Å². The number of allylic oxidation sites excluding steroid dienone is 1. The molecule has 1 aromatic heterocycles. The van der Waals surface area contributed by atoms with Gasteiger partial charge in [-0.2, -0.15) is 0 Å². The zero-order valence-corrected chi connectivity index (χ0v) is 26.9. The van der Waals surface area contributed by atoms with Crippen molar-refractivity contribution in [2.24, 2.45) is 0 Å². The highest BCUT2D eigenvalue weighted by Crippen LogP contribution is 2.40. The number of likely N-dealkylation sites (N-methyl/N-ethyl adjacent to an activating group) is 1. The van der Waals surface area contributed by atoms with Crippen molar-refractivity contribution in [1.29, 1.82) is 0 Å². The molecule has 0 fully saturated rings. The van der Waals surface area contributed by atoms with Crippen LogP contribution < -0.4 is 15.4 Å². The first-order valence-corrected chi connectivity index (χ1v) is 16.9. The van der Waals surface area contributed by atoms with Gasteiger partial charge in [0.2, 0.25) is 5.91 Å². The standard InChI is InChI=1S/C35H36F2N4O5S/c1-35(22-5-3-4-21(16-22)6-9-32(43)44)11-14-47(45)15-13-41(2)31(42)18-25-24-10-12-38-29(24)19-28(37)33(25)46-23-7-8-27(36)26(17-23)34-39-20-30(35)40-34/h3-5,7-8,10,12,16-17,19-20,34,38-40H,6,9,11,13-15,18H2,1-2H3,(H,43,44). The number of aromatic nitrogens is 1. The summed E-state index contributed by atoms with van der Waals surface area (Å²) in [4.78, 5) is 29.1. The van der Waals surface area contributed by atoms with Gasteiger partial charge in [0, 0.05) is 71.5 Å². The molecule has 2 aliphatic heterocycles. The zero-order chi connectivity index (χ0) is 33.3. The normalized spacial score (nSPS) is 21.9. The molecule has 0 radical (unpaired) electrons. The summed E-state index contributed by atoms with van der Waals surface area (Å²) in [6.07, 6.45) is 3.39. The fourth-order valence-electron chi connectivity index (χ4n) is 6.15. The number of carbonyl (C=O) groups excluding carboxylic acids is 1. The summed E-state index contributed by atoms with van der Waals surface area (Å²) in [5.74, 6) is -1.73. The Morgan fingerprint density at radius 3 is 2.79 bits per heavy atom. The zero-order valence-electron chi connectivity index (χ0n) is 26.1. The second kappa shape index (κ2) is 13.3. The average Bonchev–Trinajstić information content (AvgIpc) is 3.74. The van der Waals surface area contributed by atoms with Gasteiger partial charge in [0.15, 0.2) is 11.6 Å². The van der Waals surface area contributed by atoms with Gasteiger partial charge in [-0.15, -0.1) is 0 Å². The molecule has 1 amide bonds. The summed E-state index contributed by atoms with van der Waals surface area (Å²) < 4.78 is 50.4. The van der Waals surface area contributed by atoms with E-state index >= 15 is 8.78 Å². The van der Waals surface area contributed by atoms with E-state index in [2.05, 4.69) is 15.6 Å². The number of aryl methyl sites for hydroxylation is 1. The number of hydrogen-bond acceptors (Lipinski definition) is 6. The molecule has 0 saturated carbocycles. The van der Waals surface area contributed by atoms with E-state index in [1.54, 1.807) is 25.5 Å². The van der Waals surface area contributed by atoms with Gasteiger partial charge in [-0.3, -0.25) is 9.59 Å². The van der Waals surface area contributed by atoms with Crippen molar-refractivity contribution in [2.75, 3.05) is 25.1 Å². The van der Waals surface area contributed by atoms with Crippen LogP contribution in [0.15, 0.2) is 72.7 Å². The molecule has 0 aliphatic carbocycles. The molecule has 47 heavy (non-hydrogen) atoms. The molecule has 0 spiro atoms. The van der Waals surface area contributed by atoms with Crippen LogP contribution in [0.5, 0.6) is 11.5 Å². The van der Waals surface area contributed by atoms with Gasteiger partial charge in [0.05, 0.1) is 13.0 Å². The van der Waals surface area contributed by atoms with E-state index in [0.717, 1.165) is 16.8 Å². The van der Waals surface area contributed by atoms with E-state index in [1.807, 2.05) is 31.2 Å². The highest BCUT2D eigenvalue weighted by atomic mass is 32.2. The van der Waals surface area contributed by atoms with Crippen LogP contribution >= 0.6 is 0 Å². The minimum atomic E-state index is -1.30. The maximum absolute atomic E-state index is 15.6. The van der Waals surface area contributed by atoms with Crippen LogP contribution in [-0.4, -0.2) is 56.5 Å². The first-order chi connectivity index (χ1) is 22.5. The van der Waals surface area contributed by atoms with Crippen molar-refractivity contribution < 1.29 is 32.8 Å². The number of amides is 1. The number of rotatable bonds is 4. The van der Waals surface area contributed by atoms with Gasteiger partial charge in [-0.1, -0.05) is 35.4 Å². The van der Waals surface area contributed by atoms with E-state index in [4.69, 9.17) is 4.74 Å². The molecule has 2 aliphatic rings. The second-order valence-corrected chi connectivity index (χ2v) is 13.9. The molecule has 4 N–H and O–H groups in total. The Balaban J connectivity index is 1.39. The molecule has 12 heteroatoms. The van der Waals surface area contributed by atoms with E-state index in [0.29, 0.717) is 35.1 Å². The molecule has 3 aromatic carbocycles. The third-order valence-corrected chi connectivity index (χ3v) is 10.4. The molecule has 3 atom stereocenters. The Morgan fingerprint density at radius 1 is 1.15 bits per heavy atom. The number of benzene rings is 3. The fourth-order valence-corrected chi connectivity index (χ4v) is 7.47. The van der Waals surface area contributed by atoms with Gasteiger partial charge < -0.3 is 34.9 Å². The third-order valence-electron chi connectivity index (χ3n) is 9.08. The number of nitrogens with zero attached hydrogens (tertiary/aromatic N) is 1. The Morgan fingerprint density at radius 2 is 1.98 bits per heavy atom. The predicted octanol–water partition coefficient (Wildman–Crippen LogP) is 5.40. The fraction of sp³-hybridized carbons (Fsp3) is 0.314. The van der Waals surface area contributed by atoms with Gasteiger partial charge in [0.25, 0.3) is 0 Å². The Hall–Kier alpha value is -4.55. The number of hydrogen-bond donors (Lipinski definition) is 4. The predicted molar refractivity (Wildman–Crippen MR) is 175 cm³/mol. The van der Waals surface area contributed by atoms with Crippen LogP contribution in [0.4, 0.5) is 8.78 Å². The number of carboxylic acids is 1. The van der Waals surface area contributed by atoms with Gasteiger partial charge >= 0.3 is 5.97 Å². The number of nitrogens with one attached hydrogen (secondary N) is 3. The van der Waals surface area contributed by atoms with E-state index in [9.17, 15) is 19.2 Å². The third kappa shape index (κ3) is 6.79. The molecule has 3 heterocycles. The van der Waals surface area contributed by atoms with Gasteiger partial charge in [-0.25, -0.2) is 8.78 Å². The molecule has 6 rings (SSSR count). The molecule has 4 aromatic rings. The van der Waals surface area contributed by atoms with Gasteiger partial charge in [0.1, 0.15) is 29.2 Å². The quantitative estimate of drug-likeness (QED) is 0.216. The number of fused-ring (bicyclic) bond motifs is 8. The maximum Gasteiger partial charge on any atom is 0.303 e. The van der Waals surface area contributed by atoms with Crippen LogP contribution in [0.3, 0.4) is 0 Å². The van der Waals surface area contributed by atoms with Crippen molar-refractivity contribution in [2.45, 2.75) is 44.2 Å². The monoisotopic (exact) mass is 662 g/mol. The van der Waals surface area contributed by atoms with Crippen molar-refractivity contribution in [3.05, 3.63) is 107 Å². The highest BCUT2D eigenvalue weighted by Gasteiger charge is 2.37. The molecule has 0 saturated heterocycles. The van der Waals surface area contributed by atoms with Crippen molar-refractivity contribution in [3.63, 3.8) is 0 Å². The lowest BCUT2D eigenvalue weighted by molar-refractivity contribution is -0.137. The number of aromatic amines is 1. The summed E-state index contributed by atoms with van der Waals surface area (Å²) >= 11 is -1.30. The van der Waals surface area contributed by atoms with E-state index in [-0.39, 0.29) is 48.1 Å². The second-order valence-electron chi connectivity index (χ2n) is 12.2. The lowest BCUT2D eigenvalue weighted by Gasteiger charge is -2.33. The highest BCUT2D eigenvalue weighted by molar-refractivity contribution is 7.91. The van der Waals surface area contributed by atoms with Crippen molar-refractivity contribution >= 4 is 34.0 Å². The summed E-state index contributed by atoms with van der Waals surface area (Å²) in [5, 5.41) is 16.5. The molecule has 246 valence electrons. The summed E-state index contributed by atoms with van der Waals surface area (Å²) in [7, 11) is 1.63. The first-order valence-electron chi connectivity index (χ1n) is 15.4. The number of ether oxygens (including phenoxy) is 1. The lowest BCUT2D eigenvalue weighted by atomic mass is 9.76. The topological polar surface area (TPSA) is 130 Å². The maximum atomic E-state index is 15.6. The number of carboxylic acid groups (broad SMARTS) is 1. The van der Waals surface area contributed by atoms with Crippen molar-refractivity contribution in [3.8, 4) is 11.5 Å². The lowest BCUT2D eigenvalue weighted by Crippen LogP contribution is -2.37. The molecular formula is C35H36F2N4O5S. The van der Waals surface area contributed by atoms with Crippen LogP contribution in [-0.2, 0) is 39.0 Å². The number of aliphatic carboxylic acids is 1. The Kier molecular flexibility index (Phi) is 9.16. The minimum absolute atomic E-state index is 0.0108. The number of H-pyrrole nitrogens is 1. The van der Waals surface area contributed by atoms with Crippen LogP contribution in [0, 0.1) is 11.6 Å². The molecule has 4 bridgehead atoms. The molecule has 3 unspecified atom stereocenters. The largest absolute Gasteiger partial charge is 0.616 e. The van der Waals surface area contributed by atoms with Gasteiger partial charge in [-0.05, 0) is 48.7 Å². The van der Waals surface area contributed by atoms with E-state index < -0.39 is 40.4 Å². The average molecular weight is 663 g/mol. The molecule has 9 nitrogen and oxygen atoms in total. The van der Waals surface area contributed by atoms with Crippen LogP contribution in [0.25, 0.3) is 10.9 Å². The summed E-state index contributed by atoms with van der Waals surface area (Å²) in [6, 6.07) is 14.9. The summed E-state index contributed by atoms with van der Waals surface area (Å²) in [6.45, 7) is 2.25. The first kappa shape index (κ1) is 32.4. The van der Waals surface area contributed by atoms with Crippen LogP contribution in [0.2, 0.25) is 0 Å². The Bertz CT molecular complexity index is 1860.